The Balaban J connectivity index is 1.63. The number of ether oxygens (including phenoxy) is 1. The predicted molar refractivity (Wildman–Crippen MR) is 132 cm³/mol. The zero-order valence-electron chi connectivity index (χ0n) is 22.2. The summed E-state index contributed by atoms with van der Waals surface area (Å²) in [7, 11) is 1.60. The van der Waals surface area contributed by atoms with Gasteiger partial charge in [-0.1, -0.05) is 32.0 Å². The monoisotopic (exact) mass is 511 g/mol. The van der Waals surface area contributed by atoms with Gasteiger partial charge in [0, 0.05) is 32.7 Å². The molecule has 1 saturated heterocycles. The molecule has 1 N–H and O–H groups in total. The lowest BCUT2D eigenvalue weighted by Crippen LogP contribution is -2.52. The van der Waals surface area contributed by atoms with Crippen molar-refractivity contribution in [2.45, 2.75) is 84.3 Å². The van der Waals surface area contributed by atoms with Crippen LogP contribution in [0.1, 0.15) is 65.0 Å². The number of benzene rings is 1. The molecule has 2 aliphatic rings. The van der Waals surface area contributed by atoms with Gasteiger partial charge in [-0.05, 0) is 69.4 Å². The number of nitrogens with zero attached hydrogens (tertiary/aromatic N) is 2. The number of fused-ring (bicyclic) bond motifs is 1. The standard InChI is InChI=1S/C27H40F3N3O3/c1-17(2)12-23(32(6)25(35)36-26(3,4)5)24(34)31-22-11-10-19-15-33(16-21(19)22)14-18-8-7-9-20(13-18)27(28,29)30/h7-9,13,17,19,21-23H,10-12,14-16H2,1-6H3,(H,31,34)/t19-,21-,22-,23-/m1/s1. The molecule has 0 aromatic heterocycles. The Morgan fingerprint density at radius 3 is 2.47 bits per heavy atom. The van der Waals surface area contributed by atoms with Crippen molar-refractivity contribution in [3.05, 3.63) is 35.4 Å². The molecule has 2 amide bonds. The lowest BCUT2D eigenvalue weighted by Gasteiger charge is -2.32. The molecule has 3 rings (SSSR count). The molecule has 1 aliphatic heterocycles. The highest BCUT2D eigenvalue weighted by atomic mass is 19.4. The molecule has 1 aromatic carbocycles. The van der Waals surface area contributed by atoms with Gasteiger partial charge >= 0.3 is 12.3 Å². The fourth-order valence-electron chi connectivity index (χ4n) is 5.40. The van der Waals surface area contributed by atoms with E-state index in [1.165, 1.54) is 17.0 Å². The second-order valence-electron chi connectivity index (χ2n) is 11.7. The van der Waals surface area contributed by atoms with Gasteiger partial charge in [-0.2, -0.15) is 13.2 Å². The second kappa shape index (κ2) is 11.0. The SMILES string of the molecule is CC(C)C[C@H](C(=O)N[C@@H]1CC[C@@H]2CN(Cc3cccc(C(F)(F)F)c3)C[C@H]21)N(C)C(=O)OC(C)(C)C. The topological polar surface area (TPSA) is 61.9 Å². The number of hydrogen-bond donors (Lipinski definition) is 1. The van der Waals surface area contributed by atoms with Gasteiger partial charge in [-0.15, -0.1) is 0 Å². The van der Waals surface area contributed by atoms with Gasteiger partial charge in [-0.25, -0.2) is 4.79 Å². The zero-order valence-corrected chi connectivity index (χ0v) is 22.2. The van der Waals surface area contributed by atoms with E-state index in [0.717, 1.165) is 32.0 Å². The van der Waals surface area contributed by atoms with Crippen LogP contribution in [-0.2, 0) is 22.3 Å². The first kappa shape index (κ1) is 28.3. The van der Waals surface area contributed by atoms with E-state index in [4.69, 9.17) is 4.74 Å². The largest absolute Gasteiger partial charge is 0.444 e. The number of carbonyl (C=O) groups is 2. The molecule has 1 saturated carbocycles. The maximum absolute atomic E-state index is 13.4. The highest BCUT2D eigenvalue weighted by molar-refractivity contribution is 5.86. The molecule has 0 radical (unpaired) electrons. The van der Waals surface area contributed by atoms with E-state index in [0.29, 0.717) is 24.4 Å². The molecule has 0 spiro atoms. The van der Waals surface area contributed by atoms with Gasteiger partial charge in [0.2, 0.25) is 5.91 Å². The molecule has 202 valence electrons. The van der Waals surface area contributed by atoms with Crippen LogP contribution in [0.4, 0.5) is 18.0 Å². The summed E-state index contributed by atoms with van der Waals surface area (Å²) in [4.78, 5) is 29.6. The smallest absolute Gasteiger partial charge is 0.416 e. The third-order valence-corrected chi connectivity index (χ3v) is 7.07. The Labute approximate surface area is 212 Å². The van der Waals surface area contributed by atoms with E-state index in [1.54, 1.807) is 33.9 Å². The van der Waals surface area contributed by atoms with E-state index in [2.05, 4.69) is 10.2 Å². The van der Waals surface area contributed by atoms with Crippen LogP contribution in [0.25, 0.3) is 0 Å². The fourth-order valence-corrected chi connectivity index (χ4v) is 5.40. The van der Waals surface area contributed by atoms with Crippen molar-refractivity contribution < 1.29 is 27.5 Å². The Morgan fingerprint density at radius 2 is 1.86 bits per heavy atom. The van der Waals surface area contributed by atoms with Crippen molar-refractivity contribution in [1.82, 2.24) is 15.1 Å². The van der Waals surface area contributed by atoms with Gasteiger partial charge in [0.15, 0.2) is 0 Å². The van der Waals surface area contributed by atoms with Gasteiger partial charge < -0.3 is 10.1 Å². The molecular weight excluding hydrogens is 471 g/mol. The van der Waals surface area contributed by atoms with E-state index >= 15 is 0 Å². The van der Waals surface area contributed by atoms with Crippen LogP contribution in [-0.4, -0.2) is 59.6 Å². The molecular formula is C27H40F3N3O3. The average Bonchev–Trinajstić information content (AvgIpc) is 3.30. The Bertz CT molecular complexity index is 929. The second-order valence-corrected chi connectivity index (χ2v) is 11.7. The van der Waals surface area contributed by atoms with E-state index in [1.807, 2.05) is 13.8 Å². The van der Waals surface area contributed by atoms with E-state index in [-0.39, 0.29) is 23.8 Å². The third kappa shape index (κ3) is 7.37. The molecule has 4 atom stereocenters. The zero-order chi connectivity index (χ0) is 26.8. The molecule has 2 fully saturated rings. The minimum Gasteiger partial charge on any atom is -0.444 e. The first-order chi connectivity index (χ1) is 16.6. The van der Waals surface area contributed by atoms with Crippen molar-refractivity contribution in [3.8, 4) is 0 Å². The molecule has 36 heavy (non-hydrogen) atoms. The van der Waals surface area contributed by atoms with Crippen molar-refractivity contribution in [2.24, 2.45) is 17.8 Å². The van der Waals surface area contributed by atoms with Gasteiger partial charge in [-0.3, -0.25) is 14.6 Å². The van der Waals surface area contributed by atoms with Crippen molar-refractivity contribution >= 4 is 12.0 Å². The van der Waals surface area contributed by atoms with E-state index in [9.17, 15) is 22.8 Å². The average molecular weight is 512 g/mol. The van der Waals surface area contributed by atoms with Gasteiger partial charge in [0.25, 0.3) is 0 Å². The lowest BCUT2D eigenvalue weighted by atomic mass is 9.96. The summed E-state index contributed by atoms with van der Waals surface area (Å²) >= 11 is 0. The highest BCUT2D eigenvalue weighted by Crippen LogP contribution is 2.39. The lowest BCUT2D eigenvalue weighted by molar-refractivity contribution is -0.137. The number of alkyl halides is 3. The summed E-state index contributed by atoms with van der Waals surface area (Å²) in [5, 5.41) is 3.20. The molecule has 1 heterocycles. The Hall–Kier alpha value is -2.29. The van der Waals surface area contributed by atoms with Crippen LogP contribution in [0.5, 0.6) is 0 Å². The normalized spacial score (nSPS) is 23.4. The summed E-state index contributed by atoms with van der Waals surface area (Å²) in [6, 6.07) is 4.84. The molecule has 0 bridgehead atoms. The first-order valence-electron chi connectivity index (χ1n) is 12.8. The molecule has 0 unspecified atom stereocenters. The Kier molecular flexibility index (Phi) is 8.63. The highest BCUT2D eigenvalue weighted by Gasteiger charge is 2.44. The van der Waals surface area contributed by atoms with Crippen LogP contribution in [0.2, 0.25) is 0 Å². The number of amides is 2. The number of halogens is 3. The number of likely N-dealkylation sites (tertiary alicyclic amines) is 1. The summed E-state index contributed by atoms with van der Waals surface area (Å²) < 4.78 is 44.7. The molecule has 6 nitrogen and oxygen atoms in total. The molecule has 9 heteroatoms. The molecule has 1 aliphatic carbocycles. The van der Waals surface area contributed by atoms with Crippen molar-refractivity contribution in [2.75, 3.05) is 20.1 Å². The van der Waals surface area contributed by atoms with Gasteiger partial charge in [0.05, 0.1) is 5.56 Å². The molecule has 1 aromatic rings. The van der Waals surface area contributed by atoms with Crippen LogP contribution >= 0.6 is 0 Å². The summed E-state index contributed by atoms with van der Waals surface area (Å²) in [5.74, 6) is 0.662. The van der Waals surface area contributed by atoms with Gasteiger partial charge in [0.1, 0.15) is 11.6 Å². The van der Waals surface area contributed by atoms with Crippen LogP contribution in [0.3, 0.4) is 0 Å². The summed E-state index contributed by atoms with van der Waals surface area (Å²) in [6.07, 6.45) is -2.54. The fraction of sp³-hybridized carbons (Fsp3) is 0.704. The number of likely N-dealkylation sites (N-methyl/N-ethyl adjacent to an activating group) is 1. The van der Waals surface area contributed by atoms with Crippen LogP contribution in [0, 0.1) is 17.8 Å². The quantitative estimate of drug-likeness (QED) is 0.539. The van der Waals surface area contributed by atoms with Crippen LogP contribution in [0.15, 0.2) is 24.3 Å². The number of nitrogens with one attached hydrogen (secondary N) is 1. The summed E-state index contributed by atoms with van der Waals surface area (Å²) in [6.45, 7) is 11.4. The maximum Gasteiger partial charge on any atom is 0.416 e. The minimum absolute atomic E-state index is 0.0179. The first-order valence-corrected chi connectivity index (χ1v) is 12.8. The third-order valence-electron chi connectivity index (χ3n) is 7.07. The predicted octanol–water partition coefficient (Wildman–Crippen LogP) is 5.31. The number of hydrogen-bond acceptors (Lipinski definition) is 4. The van der Waals surface area contributed by atoms with E-state index < -0.39 is 29.5 Å². The number of carbonyl (C=O) groups excluding carboxylic acids is 2. The Morgan fingerprint density at radius 1 is 1.17 bits per heavy atom. The maximum atomic E-state index is 13.4. The minimum atomic E-state index is -4.36. The van der Waals surface area contributed by atoms with Crippen molar-refractivity contribution in [1.29, 1.82) is 0 Å². The summed E-state index contributed by atoms with van der Waals surface area (Å²) in [5.41, 5.74) is -0.647. The number of rotatable bonds is 7. The van der Waals surface area contributed by atoms with Crippen LogP contribution < -0.4 is 5.32 Å². The van der Waals surface area contributed by atoms with Crippen molar-refractivity contribution in [3.63, 3.8) is 0 Å².